The lowest BCUT2D eigenvalue weighted by atomic mass is 9.99. The van der Waals surface area contributed by atoms with Crippen LogP contribution >= 0.6 is 0 Å². The summed E-state index contributed by atoms with van der Waals surface area (Å²) in [7, 11) is 0. The van der Waals surface area contributed by atoms with Gasteiger partial charge in [-0.2, -0.15) is 0 Å². The highest BCUT2D eigenvalue weighted by molar-refractivity contribution is 5.34. The summed E-state index contributed by atoms with van der Waals surface area (Å²) >= 11 is 0. The summed E-state index contributed by atoms with van der Waals surface area (Å²) in [6.45, 7) is 1.98. The fourth-order valence-electron chi connectivity index (χ4n) is 2.94. The molecule has 0 heterocycles. The van der Waals surface area contributed by atoms with E-state index in [4.69, 9.17) is 0 Å². The Labute approximate surface area is 124 Å². The van der Waals surface area contributed by atoms with E-state index in [2.05, 4.69) is 12.2 Å². The number of aliphatic hydroxyl groups is 2. The van der Waals surface area contributed by atoms with Crippen molar-refractivity contribution in [1.29, 1.82) is 0 Å². The van der Waals surface area contributed by atoms with Crippen molar-refractivity contribution in [3.8, 4) is 0 Å². The SMILES string of the molecule is CC1CCCC1NC(CO)C(O)c1ccc([N+](=O)[O-])cc1. The van der Waals surface area contributed by atoms with E-state index in [1.54, 1.807) is 0 Å². The lowest BCUT2D eigenvalue weighted by molar-refractivity contribution is -0.384. The van der Waals surface area contributed by atoms with Crippen molar-refractivity contribution in [2.45, 2.75) is 44.4 Å². The van der Waals surface area contributed by atoms with Gasteiger partial charge in [-0.15, -0.1) is 0 Å². The molecule has 6 nitrogen and oxygen atoms in total. The molecule has 4 atom stereocenters. The van der Waals surface area contributed by atoms with E-state index in [1.807, 2.05) is 0 Å². The highest BCUT2D eigenvalue weighted by Gasteiger charge is 2.29. The Morgan fingerprint density at radius 3 is 2.52 bits per heavy atom. The van der Waals surface area contributed by atoms with Gasteiger partial charge in [0.25, 0.3) is 5.69 Å². The molecule has 2 rings (SSSR count). The highest BCUT2D eigenvalue weighted by atomic mass is 16.6. The minimum absolute atomic E-state index is 0.0103. The van der Waals surface area contributed by atoms with Crippen LogP contribution in [0.3, 0.4) is 0 Å². The molecule has 1 saturated carbocycles. The molecule has 0 bridgehead atoms. The van der Waals surface area contributed by atoms with Gasteiger partial charge in [-0.25, -0.2) is 0 Å². The second-order valence-corrected chi connectivity index (χ2v) is 5.76. The van der Waals surface area contributed by atoms with E-state index in [-0.39, 0.29) is 12.3 Å². The summed E-state index contributed by atoms with van der Waals surface area (Å²) in [5.41, 5.74) is 0.557. The zero-order chi connectivity index (χ0) is 15.4. The molecular formula is C15H22N2O4. The fraction of sp³-hybridized carbons (Fsp3) is 0.600. The van der Waals surface area contributed by atoms with Crippen molar-refractivity contribution in [3.63, 3.8) is 0 Å². The van der Waals surface area contributed by atoms with Crippen LogP contribution in [0.4, 0.5) is 5.69 Å². The van der Waals surface area contributed by atoms with E-state index in [0.29, 0.717) is 17.5 Å². The maximum absolute atomic E-state index is 10.6. The molecule has 1 aromatic rings. The maximum Gasteiger partial charge on any atom is 0.269 e. The van der Waals surface area contributed by atoms with Crippen LogP contribution in [0.5, 0.6) is 0 Å². The Kier molecular flexibility index (Phi) is 5.27. The molecular weight excluding hydrogens is 272 g/mol. The summed E-state index contributed by atoms with van der Waals surface area (Å²) in [4.78, 5) is 10.2. The quantitative estimate of drug-likeness (QED) is 0.549. The third-order valence-electron chi connectivity index (χ3n) is 4.31. The van der Waals surface area contributed by atoms with E-state index >= 15 is 0 Å². The lowest BCUT2D eigenvalue weighted by Crippen LogP contribution is -2.45. The van der Waals surface area contributed by atoms with E-state index in [9.17, 15) is 20.3 Å². The number of nitro benzene ring substituents is 1. The minimum Gasteiger partial charge on any atom is -0.395 e. The van der Waals surface area contributed by atoms with Crippen LogP contribution in [0.15, 0.2) is 24.3 Å². The summed E-state index contributed by atoms with van der Waals surface area (Å²) < 4.78 is 0. The molecule has 0 aromatic heterocycles. The molecule has 6 heteroatoms. The fourth-order valence-corrected chi connectivity index (χ4v) is 2.94. The third kappa shape index (κ3) is 3.78. The predicted molar refractivity (Wildman–Crippen MR) is 78.9 cm³/mol. The molecule has 21 heavy (non-hydrogen) atoms. The van der Waals surface area contributed by atoms with Gasteiger partial charge in [0, 0.05) is 18.2 Å². The number of non-ortho nitro benzene ring substituents is 1. The molecule has 116 valence electrons. The second kappa shape index (κ2) is 6.98. The molecule has 1 aliphatic rings. The Morgan fingerprint density at radius 2 is 2.05 bits per heavy atom. The van der Waals surface area contributed by atoms with Crippen LogP contribution in [0.1, 0.15) is 37.9 Å². The van der Waals surface area contributed by atoms with Gasteiger partial charge in [0.05, 0.1) is 23.7 Å². The number of nitrogens with one attached hydrogen (secondary N) is 1. The number of rotatable bonds is 6. The first-order valence-corrected chi connectivity index (χ1v) is 7.32. The molecule has 1 aliphatic carbocycles. The first kappa shape index (κ1) is 15.9. The number of nitrogens with zero attached hydrogens (tertiary/aromatic N) is 1. The maximum atomic E-state index is 10.6. The summed E-state index contributed by atoms with van der Waals surface area (Å²) in [5, 5.41) is 33.8. The van der Waals surface area contributed by atoms with Crippen molar-refractivity contribution in [2.75, 3.05) is 6.61 Å². The van der Waals surface area contributed by atoms with Crippen LogP contribution in [-0.2, 0) is 0 Å². The summed E-state index contributed by atoms with van der Waals surface area (Å²) in [6.07, 6.45) is 2.47. The van der Waals surface area contributed by atoms with E-state index < -0.39 is 17.1 Å². The zero-order valence-electron chi connectivity index (χ0n) is 12.1. The van der Waals surface area contributed by atoms with Crippen LogP contribution < -0.4 is 5.32 Å². The number of hydrogen-bond acceptors (Lipinski definition) is 5. The number of hydrogen-bond donors (Lipinski definition) is 3. The average Bonchev–Trinajstić information content (AvgIpc) is 2.89. The third-order valence-corrected chi connectivity index (χ3v) is 4.31. The largest absolute Gasteiger partial charge is 0.395 e. The molecule has 3 N–H and O–H groups in total. The Morgan fingerprint density at radius 1 is 1.38 bits per heavy atom. The monoisotopic (exact) mass is 294 g/mol. The van der Waals surface area contributed by atoms with Crippen molar-refractivity contribution in [1.82, 2.24) is 5.32 Å². The second-order valence-electron chi connectivity index (χ2n) is 5.76. The summed E-state index contributed by atoms with van der Waals surface area (Å²) in [6, 6.07) is 5.64. The summed E-state index contributed by atoms with van der Waals surface area (Å²) in [5.74, 6) is 0.531. The van der Waals surface area contributed by atoms with Gasteiger partial charge in [0.1, 0.15) is 0 Å². The Bertz CT molecular complexity index is 477. The molecule has 4 unspecified atom stereocenters. The average molecular weight is 294 g/mol. The van der Waals surface area contributed by atoms with E-state index in [1.165, 1.54) is 24.3 Å². The number of aliphatic hydroxyl groups excluding tert-OH is 2. The van der Waals surface area contributed by atoms with Gasteiger partial charge in [-0.05, 0) is 36.5 Å². The van der Waals surface area contributed by atoms with Gasteiger partial charge in [0.15, 0.2) is 0 Å². The molecule has 0 saturated heterocycles. The first-order chi connectivity index (χ1) is 10.0. The van der Waals surface area contributed by atoms with Crippen molar-refractivity contribution in [2.24, 2.45) is 5.92 Å². The first-order valence-electron chi connectivity index (χ1n) is 7.32. The number of nitro groups is 1. The van der Waals surface area contributed by atoms with Gasteiger partial charge in [0.2, 0.25) is 0 Å². The topological polar surface area (TPSA) is 95.6 Å². The lowest BCUT2D eigenvalue weighted by Gasteiger charge is -2.28. The van der Waals surface area contributed by atoms with Crippen LogP contribution in [-0.4, -0.2) is 33.8 Å². The molecule has 0 radical (unpaired) electrons. The molecule has 0 spiro atoms. The zero-order valence-corrected chi connectivity index (χ0v) is 12.1. The van der Waals surface area contributed by atoms with Gasteiger partial charge in [-0.1, -0.05) is 13.3 Å². The van der Waals surface area contributed by atoms with Gasteiger partial charge < -0.3 is 15.5 Å². The Hall–Kier alpha value is -1.50. The standard InChI is InChI=1S/C15H22N2O4/c1-10-3-2-4-13(10)16-14(9-18)15(19)11-5-7-12(8-6-11)17(20)21/h5-8,10,13-16,18-19H,2-4,9H2,1H3. The van der Waals surface area contributed by atoms with Crippen molar-refractivity contribution < 1.29 is 15.1 Å². The van der Waals surface area contributed by atoms with Crippen LogP contribution in [0, 0.1) is 16.0 Å². The smallest absolute Gasteiger partial charge is 0.269 e. The van der Waals surface area contributed by atoms with Gasteiger partial charge >= 0.3 is 0 Å². The highest BCUT2D eigenvalue weighted by Crippen LogP contribution is 2.27. The normalized spacial score (nSPS) is 24.7. The molecule has 0 amide bonds. The van der Waals surface area contributed by atoms with Crippen LogP contribution in [0.25, 0.3) is 0 Å². The van der Waals surface area contributed by atoms with E-state index in [0.717, 1.165) is 19.3 Å². The molecule has 1 fully saturated rings. The predicted octanol–water partition coefficient (Wildman–Crippen LogP) is 1.77. The van der Waals surface area contributed by atoms with Crippen molar-refractivity contribution in [3.05, 3.63) is 39.9 Å². The molecule has 1 aromatic carbocycles. The molecule has 0 aliphatic heterocycles. The van der Waals surface area contributed by atoms with Gasteiger partial charge in [-0.3, -0.25) is 10.1 Å². The van der Waals surface area contributed by atoms with Crippen molar-refractivity contribution >= 4 is 5.69 Å². The number of benzene rings is 1. The Balaban J connectivity index is 2.04. The minimum atomic E-state index is -0.886. The van der Waals surface area contributed by atoms with Crippen LogP contribution in [0.2, 0.25) is 0 Å².